The van der Waals surface area contributed by atoms with Crippen molar-refractivity contribution in [3.63, 3.8) is 0 Å². The van der Waals surface area contributed by atoms with Gasteiger partial charge in [-0.2, -0.15) is 0 Å². The summed E-state index contributed by atoms with van der Waals surface area (Å²) in [6.07, 6.45) is 3.83. The minimum absolute atomic E-state index is 0.00546. The first-order chi connectivity index (χ1) is 12.8. The summed E-state index contributed by atoms with van der Waals surface area (Å²) in [7, 11) is 2.99. The van der Waals surface area contributed by atoms with Crippen LogP contribution < -0.4 is 15.6 Å². The summed E-state index contributed by atoms with van der Waals surface area (Å²) in [4.78, 5) is 29.1. The number of amides is 1. The number of fused-ring (bicyclic) bond motifs is 1. The van der Waals surface area contributed by atoms with Crippen molar-refractivity contribution < 1.29 is 13.9 Å². The van der Waals surface area contributed by atoms with Crippen molar-refractivity contribution in [1.82, 2.24) is 19.3 Å². The zero-order valence-electron chi connectivity index (χ0n) is 15.6. The van der Waals surface area contributed by atoms with Gasteiger partial charge in [-0.25, -0.2) is 9.37 Å². The number of nitrogens with zero attached hydrogens (tertiary/aromatic N) is 3. The summed E-state index contributed by atoms with van der Waals surface area (Å²) in [5.41, 5.74) is 0.421. The van der Waals surface area contributed by atoms with Gasteiger partial charge in [0.1, 0.15) is 17.3 Å². The quantitative estimate of drug-likeness (QED) is 0.746. The molecule has 0 aliphatic rings. The summed E-state index contributed by atoms with van der Waals surface area (Å²) < 4.78 is 22.2. The minimum Gasteiger partial charge on any atom is -0.497 e. The molecule has 1 amide bonds. The number of nitrogens with one attached hydrogen (secondary N) is 1. The molecule has 0 unspecified atom stereocenters. The van der Waals surface area contributed by atoms with Crippen molar-refractivity contribution in [3.8, 4) is 17.0 Å². The molecule has 1 atom stereocenters. The molecule has 2 heterocycles. The Labute approximate surface area is 155 Å². The monoisotopic (exact) mass is 372 g/mol. The third-order valence-corrected chi connectivity index (χ3v) is 4.53. The van der Waals surface area contributed by atoms with E-state index in [1.54, 1.807) is 18.3 Å². The smallest absolute Gasteiger partial charge is 0.294 e. The van der Waals surface area contributed by atoms with Gasteiger partial charge in [0.15, 0.2) is 0 Å². The van der Waals surface area contributed by atoms with Crippen LogP contribution in [0.5, 0.6) is 5.75 Å². The van der Waals surface area contributed by atoms with Crippen molar-refractivity contribution in [2.24, 2.45) is 7.05 Å². The molecule has 0 aliphatic heterocycles. The van der Waals surface area contributed by atoms with Crippen LogP contribution in [0, 0.1) is 5.82 Å². The lowest BCUT2D eigenvalue weighted by molar-refractivity contribution is 0.0935. The van der Waals surface area contributed by atoms with Gasteiger partial charge in [-0.1, -0.05) is 6.92 Å². The van der Waals surface area contributed by atoms with Crippen LogP contribution in [0.15, 0.2) is 35.4 Å². The molecule has 8 heteroatoms. The van der Waals surface area contributed by atoms with E-state index in [1.165, 1.54) is 35.4 Å². The van der Waals surface area contributed by atoms with Crippen molar-refractivity contribution in [2.45, 2.75) is 26.3 Å². The van der Waals surface area contributed by atoms with E-state index in [2.05, 4.69) is 10.3 Å². The van der Waals surface area contributed by atoms with Crippen LogP contribution in [-0.2, 0) is 7.05 Å². The highest BCUT2D eigenvalue weighted by Crippen LogP contribution is 2.25. The molecule has 0 saturated heterocycles. The highest BCUT2D eigenvalue weighted by Gasteiger charge is 2.18. The summed E-state index contributed by atoms with van der Waals surface area (Å²) >= 11 is 0. The van der Waals surface area contributed by atoms with E-state index in [1.807, 2.05) is 13.8 Å². The predicted molar refractivity (Wildman–Crippen MR) is 99.6 cm³/mol. The maximum absolute atomic E-state index is 14.5. The maximum Gasteiger partial charge on any atom is 0.294 e. The van der Waals surface area contributed by atoms with Crippen LogP contribution in [0.1, 0.15) is 30.8 Å². The van der Waals surface area contributed by atoms with E-state index < -0.39 is 11.4 Å². The molecule has 2 aromatic heterocycles. The number of methoxy groups -OCH3 is 1. The van der Waals surface area contributed by atoms with Gasteiger partial charge in [0.25, 0.3) is 11.5 Å². The number of ether oxygens (including phenoxy) is 1. The first kappa shape index (κ1) is 18.6. The summed E-state index contributed by atoms with van der Waals surface area (Å²) in [6.45, 7) is 3.84. The Hall–Kier alpha value is -3.16. The highest BCUT2D eigenvalue weighted by atomic mass is 19.1. The number of carbonyl (C=O) groups is 1. The molecule has 1 aromatic carbocycles. The van der Waals surface area contributed by atoms with Crippen LogP contribution in [0.25, 0.3) is 16.9 Å². The molecule has 0 aliphatic carbocycles. The van der Waals surface area contributed by atoms with Crippen LogP contribution in [0.4, 0.5) is 4.39 Å². The van der Waals surface area contributed by atoms with E-state index >= 15 is 0 Å². The van der Waals surface area contributed by atoms with Crippen molar-refractivity contribution >= 4 is 11.6 Å². The molecule has 0 fully saturated rings. The summed E-state index contributed by atoms with van der Waals surface area (Å²) in [5.74, 6) is -0.486. The fourth-order valence-electron chi connectivity index (χ4n) is 2.72. The lowest BCUT2D eigenvalue weighted by atomic mass is 10.1. The molecular formula is C19H21FN4O3. The lowest BCUT2D eigenvalue weighted by Gasteiger charge is -2.11. The standard InChI is InChI=1S/C19H21FN4O3/c1-5-11(2)21-18(25)15-9-24-10-16(23(3)19(26)17(24)22-15)13-7-6-12(27-4)8-14(13)20/h6-11H,5H2,1-4H3,(H,21,25)/t11-/m1/s1. The second-order valence-electron chi connectivity index (χ2n) is 6.36. The molecule has 142 valence electrons. The molecule has 0 bridgehead atoms. The Morgan fingerprint density at radius 2 is 2.11 bits per heavy atom. The predicted octanol–water partition coefficient (Wildman–Crippen LogP) is 2.38. The van der Waals surface area contributed by atoms with Crippen molar-refractivity contribution in [2.75, 3.05) is 7.11 Å². The van der Waals surface area contributed by atoms with E-state index in [0.717, 1.165) is 6.42 Å². The zero-order chi connectivity index (χ0) is 19.7. The summed E-state index contributed by atoms with van der Waals surface area (Å²) in [5, 5.41) is 2.81. The second-order valence-corrected chi connectivity index (χ2v) is 6.36. The van der Waals surface area contributed by atoms with E-state index in [-0.39, 0.29) is 28.9 Å². The molecule has 27 heavy (non-hydrogen) atoms. The first-order valence-corrected chi connectivity index (χ1v) is 8.59. The number of imidazole rings is 1. The number of aromatic nitrogens is 3. The molecule has 1 N–H and O–H groups in total. The zero-order valence-corrected chi connectivity index (χ0v) is 15.6. The van der Waals surface area contributed by atoms with Gasteiger partial charge in [-0.05, 0) is 25.5 Å². The number of hydrogen-bond acceptors (Lipinski definition) is 4. The van der Waals surface area contributed by atoms with Crippen LogP contribution in [0.2, 0.25) is 0 Å². The number of hydrogen-bond donors (Lipinski definition) is 1. The topological polar surface area (TPSA) is 77.6 Å². The molecule has 0 spiro atoms. The van der Waals surface area contributed by atoms with Crippen LogP contribution in [0.3, 0.4) is 0 Å². The average Bonchev–Trinajstić information content (AvgIpc) is 3.09. The molecule has 3 rings (SSSR count). The van der Waals surface area contributed by atoms with Gasteiger partial charge in [0.05, 0.1) is 12.8 Å². The van der Waals surface area contributed by atoms with Crippen molar-refractivity contribution in [1.29, 1.82) is 0 Å². The first-order valence-electron chi connectivity index (χ1n) is 8.59. The fraction of sp³-hybridized carbons (Fsp3) is 0.316. The van der Waals surface area contributed by atoms with Crippen LogP contribution >= 0.6 is 0 Å². The summed E-state index contributed by atoms with van der Waals surface area (Å²) in [6, 6.07) is 4.41. The molecular weight excluding hydrogens is 351 g/mol. The highest BCUT2D eigenvalue weighted by molar-refractivity contribution is 5.93. The Bertz CT molecular complexity index is 1070. The molecule has 0 saturated carbocycles. The van der Waals surface area contributed by atoms with E-state index in [4.69, 9.17) is 4.74 Å². The molecule has 3 aromatic rings. The van der Waals surface area contributed by atoms with Gasteiger partial charge in [0.2, 0.25) is 5.65 Å². The van der Waals surface area contributed by atoms with Gasteiger partial charge in [-0.15, -0.1) is 0 Å². The third-order valence-electron chi connectivity index (χ3n) is 4.53. The number of benzene rings is 1. The largest absolute Gasteiger partial charge is 0.497 e. The average molecular weight is 372 g/mol. The SMILES string of the molecule is CC[C@@H](C)NC(=O)c1cn2cc(-c3ccc(OC)cc3F)n(C)c(=O)c2n1. The second kappa shape index (κ2) is 7.22. The van der Waals surface area contributed by atoms with Gasteiger partial charge in [0, 0.05) is 37.1 Å². The van der Waals surface area contributed by atoms with Crippen molar-refractivity contribution in [3.05, 3.63) is 52.5 Å². The number of carbonyl (C=O) groups excluding carboxylic acids is 1. The van der Waals surface area contributed by atoms with Gasteiger partial charge >= 0.3 is 0 Å². The third kappa shape index (κ3) is 3.42. The molecule has 7 nitrogen and oxygen atoms in total. The Kier molecular flexibility index (Phi) is 4.98. The fourth-order valence-corrected chi connectivity index (χ4v) is 2.72. The number of rotatable bonds is 5. The van der Waals surface area contributed by atoms with Gasteiger partial charge < -0.3 is 14.6 Å². The van der Waals surface area contributed by atoms with E-state index in [0.29, 0.717) is 11.4 Å². The number of halogens is 1. The minimum atomic E-state index is -0.515. The Morgan fingerprint density at radius 3 is 2.74 bits per heavy atom. The molecule has 0 radical (unpaired) electrons. The normalized spacial score (nSPS) is 12.2. The lowest BCUT2D eigenvalue weighted by Crippen LogP contribution is -2.32. The maximum atomic E-state index is 14.5. The van der Waals surface area contributed by atoms with Crippen LogP contribution in [-0.4, -0.2) is 33.0 Å². The van der Waals surface area contributed by atoms with Gasteiger partial charge in [-0.3, -0.25) is 14.0 Å². The Balaban J connectivity index is 2.10. The Morgan fingerprint density at radius 1 is 1.37 bits per heavy atom. The van der Waals surface area contributed by atoms with E-state index in [9.17, 15) is 14.0 Å².